The third-order valence-electron chi connectivity index (χ3n) is 3.28. The van der Waals surface area contributed by atoms with Crippen molar-refractivity contribution in [3.63, 3.8) is 0 Å². The Bertz CT molecular complexity index is 824. The van der Waals surface area contributed by atoms with Crippen LogP contribution in [0.15, 0.2) is 53.1 Å². The molecule has 0 saturated heterocycles. The average Bonchev–Trinajstić information content (AvgIpc) is 3.21. The lowest BCUT2D eigenvalue weighted by atomic mass is 10.3. The lowest BCUT2D eigenvalue weighted by Gasteiger charge is -2.04. The maximum absolute atomic E-state index is 12.8. The Kier molecular flexibility index (Phi) is 4.60. The van der Waals surface area contributed by atoms with Crippen LogP contribution >= 0.6 is 0 Å². The lowest BCUT2D eigenvalue weighted by Crippen LogP contribution is -2.22. The van der Waals surface area contributed by atoms with E-state index in [1.165, 1.54) is 24.3 Å². The number of ether oxygens (including phenoxy) is 1. The number of benzene rings is 1. The summed E-state index contributed by atoms with van der Waals surface area (Å²) in [4.78, 5) is 12.0. The summed E-state index contributed by atoms with van der Waals surface area (Å²) in [6.07, 6.45) is 1.80. The highest BCUT2D eigenvalue weighted by molar-refractivity contribution is 5.91. The van der Waals surface area contributed by atoms with E-state index in [0.29, 0.717) is 18.1 Å². The zero-order valence-corrected chi connectivity index (χ0v) is 13.0. The SMILES string of the molecule is Cn1ccc(CNC(=O)c2ccc(COc3ccc(F)cc3)o2)n1. The fraction of sp³-hybridized carbons (Fsp3) is 0.176. The molecule has 0 fully saturated rings. The van der Waals surface area contributed by atoms with E-state index in [9.17, 15) is 9.18 Å². The smallest absolute Gasteiger partial charge is 0.287 e. The van der Waals surface area contributed by atoms with E-state index in [0.717, 1.165) is 5.69 Å². The summed E-state index contributed by atoms with van der Waals surface area (Å²) in [5, 5.41) is 6.91. The predicted molar refractivity (Wildman–Crippen MR) is 83.8 cm³/mol. The summed E-state index contributed by atoms with van der Waals surface area (Å²) < 4.78 is 25.4. The van der Waals surface area contributed by atoms with Gasteiger partial charge in [0.1, 0.15) is 23.9 Å². The number of hydrogen-bond acceptors (Lipinski definition) is 4. The molecule has 0 spiro atoms. The molecular formula is C17H16FN3O3. The van der Waals surface area contributed by atoms with Crippen molar-refractivity contribution in [1.82, 2.24) is 15.1 Å². The lowest BCUT2D eigenvalue weighted by molar-refractivity contribution is 0.0918. The summed E-state index contributed by atoms with van der Waals surface area (Å²) in [5.41, 5.74) is 0.761. The molecule has 6 nitrogen and oxygen atoms in total. The van der Waals surface area contributed by atoms with Gasteiger partial charge in [-0.15, -0.1) is 0 Å². The van der Waals surface area contributed by atoms with Crippen LogP contribution in [-0.2, 0) is 20.2 Å². The third kappa shape index (κ3) is 4.01. The molecule has 7 heteroatoms. The normalized spacial score (nSPS) is 10.6. The van der Waals surface area contributed by atoms with Crippen molar-refractivity contribution < 1.29 is 18.3 Å². The molecule has 2 aromatic heterocycles. The molecule has 0 saturated carbocycles. The highest BCUT2D eigenvalue weighted by Gasteiger charge is 2.12. The van der Waals surface area contributed by atoms with Gasteiger partial charge in [0.15, 0.2) is 5.76 Å². The second-order valence-electron chi connectivity index (χ2n) is 5.17. The Hall–Kier alpha value is -3.09. The van der Waals surface area contributed by atoms with Crippen LogP contribution in [0.4, 0.5) is 4.39 Å². The largest absolute Gasteiger partial charge is 0.486 e. The van der Waals surface area contributed by atoms with Gasteiger partial charge in [-0.05, 0) is 42.5 Å². The number of nitrogens with zero attached hydrogens (tertiary/aromatic N) is 2. The van der Waals surface area contributed by atoms with Crippen molar-refractivity contribution in [2.75, 3.05) is 0 Å². The van der Waals surface area contributed by atoms with Crippen LogP contribution in [0.5, 0.6) is 5.75 Å². The molecule has 0 atom stereocenters. The van der Waals surface area contributed by atoms with Gasteiger partial charge in [0.25, 0.3) is 5.91 Å². The molecule has 3 rings (SSSR count). The Balaban J connectivity index is 1.52. The van der Waals surface area contributed by atoms with Crippen molar-refractivity contribution in [3.8, 4) is 5.75 Å². The average molecular weight is 329 g/mol. The van der Waals surface area contributed by atoms with Crippen LogP contribution < -0.4 is 10.1 Å². The maximum Gasteiger partial charge on any atom is 0.287 e. The van der Waals surface area contributed by atoms with Gasteiger partial charge in [-0.3, -0.25) is 9.48 Å². The summed E-state index contributed by atoms with van der Waals surface area (Å²) in [6, 6.07) is 10.8. The van der Waals surface area contributed by atoms with E-state index in [1.54, 1.807) is 23.0 Å². The molecule has 1 aromatic carbocycles. The summed E-state index contributed by atoms with van der Waals surface area (Å²) in [5.74, 6) is 0.570. The molecule has 0 radical (unpaired) electrons. The number of furan rings is 1. The number of rotatable bonds is 6. The van der Waals surface area contributed by atoms with Crippen LogP contribution in [0.1, 0.15) is 22.0 Å². The molecular weight excluding hydrogens is 313 g/mol. The standard InChI is InChI=1S/C17H16FN3O3/c1-21-9-8-13(20-21)10-19-17(22)16-7-6-15(24-16)11-23-14-4-2-12(18)3-5-14/h2-9H,10-11H2,1H3,(H,19,22). The van der Waals surface area contributed by atoms with Crippen LogP contribution in [0.3, 0.4) is 0 Å². The van der Waals surface area contributed by atoms with Gasteiger partial charge in [-0.1, -0.05) is 0 Å². The van der Waals surface area contributed by atoms with E-state index in [4.69, 9.17) is 9.15 Å². The second-order valence-corrected chi connectivity index (χ2v) is 5.17. The number of amides is 1. The number of nitrogens with one attached hydrogen (secondary N) is 1. The fourth-order valence-corrected chi connectivity index (χ4v) is 2.08. The number of carbonyl (C=O) groups is 1. The molecule has 0 unspecified atom stereocenters. The van der Waals surface area contributed by atoms with E-state index >= 15 is 0 Å². The molecule has 0 bridgehead atoms. The molecule has 1 N–H and O–H groups in total. The van der Waals surface area contributed by atoms with E-state index in [-0.39, 0.29) is 24.1 Å². The minimum atomic E-state index is -0.327. The Morgan fingerprint density at radius 2 is 2.04 bits per heavy atom. The highest BCUT2D eigenvalue weighted by Crippen LogP contribution is 2.15. The van der Waals surface area contributed by atoms with Gasteiger partial charge in [-0.25, -0.2) is 4.39 Å². The summed E-state index contributed by atoms with van der Waals surface area (Å²) in [6.45, 7) is 0.473. The monoisotopic (exact) mass is 329 g/mol. The zero-order chi connectivity index (χ0) is 16.9. The first-order valence-electron chi connectivity index (χ1n) is 7.34. The van der Waals surface area contributed by atoms with Gasteiger partial charge in [0.05, 0.1) is 12.2 Å². The number of halogens is 1. The third-order valence-corrected chi connectivity index (χ3v) is 3.28. The van der Waals surface area contributed by atoms with Gasteiger partial charge in [-0.2, -0.15) is 5.10 Å². The highest BCUT2D eigenvalue weighted by atomic mass is 19.1. The minimum absolute atomic E-state index is 0.152. The first-order valence-corrected chi connectivity index (χ1v) is 7.34. The number of aryl methyl sites for hydroxylation is 1. The quantitative estimate of drug-likeness (QED) is 0.755. The Morgan fingerprint density at radius 1 is 1.25 bits per heavy atom. The molecule has 3 aromatic rings. The topological polar surface area (TPSA) is 69.3 Å². The van der Waals surface area contributed by atoms with E-state index in [2.05, 4.69) is 10.4 Å². The zero-order valence-electron chi connectivity index (χ0n) is 13.0. The van der Waals surface area contributed by atoms with Crippen LogP contribution in [0, 0.1) is 5.82 Å². The molecule has 124 valence electrons. The van der Waals surface area contributed by atoms with Gasteiger partial charge in [0.2, 0.25) is 0 Å². The van der Waals surface area contributed by atoms with Gasteiger partial charge < -0.3 is 14.5 Å². The van der Waals surface area contributed by atoms with Gasteiger partial charge >= 0.3 is 0 Å². The van der Waals surface area contributed by atoms with Crippen LogP contribution in [0.2, 0.25) is 0 Å². The van der Waals surface area contributed by atoms with Crippen molar-refractivity contribution in [1.29, 1.82) is 0 Å². The molecule has 0 aliphatic heterocycles. The Labute approximate surface area is 137 Å². The number of carbonyl (C=O) groups excluding carboxylic acids is 1. The van der Waals surface area contributed by atoms with Crippen molar-refractivity contribution in [2.24, 2.45) is 7.05 Å². The van der Waals surface area contributed by atoms with Crippen molar-refractivity contribution >= 4 is 5.91 Å². The summed E-state index contributed by atoms with van der Waals surface area (Å²) in [7, 11) is 1.81. The maximum atomic E-state index is 12.8. The first kappa shape index (κ1) is 15.8. The number of aromatic nitrogens is 2. The predicted octanol–water partition coefficient (Wildman–Crippen LogP) is 2.66. The first-order chi connectivity index (χ1) is 11.6. The van der Waals surface area contributed by atoms with Crippen LogP contribution in [0.25, 0.3) is 0 Å². The number of hydrogen-bond donors (Lipinski definition) is 1. The molecule has 2 heterocycles. The molecule has 0 aliphatic rings. The second kappa shape index (κ2) is 6.99. The molecule has 24 heavy (non-hydrogen) atoms. The van der Waals surface area contributed by atoms with E-state index < -0.39 is 0 Å². The minimum Gasteiger partial charge on any atom is -0.486 e. The van der Waals surface area contributed by atoms with Gasteiger partial charge in [0, 0.05) is 13.2 Å². The fourth-order valence-electron chi connectivity index (χ4n) is 2.08. The van der Waals surface area contributed by atoms with Crippen LogP contribution in [-0.4, -0.2) is 15.7 Å². The van der Waals surface area contributed by atoms with Crippen molar-refractivity contribution in [2.45, 2.75) is 13.2 Å². The molecule has 1 amide bonds. The summed E-state index contributed by atoms with van der Waals surface area (Å²) >= 11 is 0. The van der Waals surface area contributed by atoms with Crippen molar-refractivity contribution in [3.05, 3.63) is 71.7 Å². The Morgan fingerprint density at radius 3 is 2.75 bits per heavy atom. The van der Waals surface area contributed by atoms with E-state index in [1.807, 2.05) is 13.1 Å². The molecule has 0 aliphatic carbocycles.